The fourth-order valence-corrected chi connectivity index (χ4v) is 4.96. The minimum absolute atomic E-state index is 0.0257. The summed E-state index contributed by atoms with van der Waals surface area (Å²) in [5.41, 5.74) is 0.592. The Bertz CT molecular complexity index is 864. The number of urea groups is 1. The van der Waals surface area contributed by atoms with E-state index in [1.807, 2.05) is 9.80 Å². The van der Waals surface area contributed by atoms with Crippen LogP contribution in [0.25, 0.3) is 0 Å². The molecule has 1 aromatic rings. The number of ether oxygens (including phenoxy) is 1. The Morgan fingerprint density at radius 1 is 1.12 bits per heavy atom. The molecule has 1 aromatic carbocycles. The molecule has 8 nitrogen and oxygen atoms in total. The number of hydrogen-bond donors (Lipinski definition) is 1. The molecule has 2 aliphatic heterocycles. The first-order chi connectivity index (χ1) is 16.3. The number of benzene rings is 1. The molecule has 0 atom stereocenters. The molecule has 1 N–H and O–H groups in total. The van der Waals surface area contributed by atoms with Gasteiger partial charge in [-0.1, -0.05) is 18.5 Å². The van der Waals surface area contributed by atoms with E-state index in [2.05, 4.69) is 17.1 Å². The second kappa shape index (κ2) is 12.4. The summed E-state index contributed by atoms with van der Waals surface area (Å²) in [5.74, 6) is 0.315. The van der Waals surface area contributed by atoms with E-state index in [0.717, 1.165) is 44.8 Å². The minimum atomic E-state index is -0.535. The van der Waals surface area contributed by atoms with Crippen LogP contribution in [0.2, 0.25) is 5.02 Å². The van der Waals surface area contributed by atoms with Gasteiger partial charge in [-0.3, -0.25) is 4.79 Å². The molecule has 0 saturated carbocycles. The van der Waals surface area contributed by atoms with Crippen molar-refractivity contribution < 1.29 is 19.1 Å². The zero-order valence-electron chi connectivity index (χ0n) is 20.5. The molecule has 34 heavy (non-hydrogen) atoms. The molecule has 0 spiro atoms. The summed E-state index contributed by atoms with van der Waals surface area (Å²) in [6.45, 7) is 8.93. The molecule has 2 aliphatic rings. The standard InChI is InChI=1S/C25H37ClN4O4/c1-18-7-13-28(14-8-18)11-4-12-30(21-9-15-29(16-10-21)19(2)31)25(33)27-23-17-20(26)5-6-22(23)24(32)34-3/h5-6,17-18,21H,4,7-16H2,1-3H3,(H,27,33). The highest BCUT2D eigenvalue weighted by Crippen LogP contribution is 2.24. The molecular weight excluding hydrogens is 456 g/mol. The maximum Gasteiger partial charge on any atom is 0.339 e. The number of piperidine rings is 2. The monoisotopic (exact) mass is 492 g/mol. The maximum absolute atomic E-state index is 13.5. The van der Waals surface area contributed by atoms with E-state index >= 15 is 0 Å². The second-order valence-electron chi connectivity index (χ2n) is 9.42. The van der Waals surface area contributed by atoms with Gasteiger partial charge in [0.25, 0.3) is 0 Å². The smallest absolute Gasteiger partial charge is 0.339 e. The summed E-state index contributed by atoms with van der Waals surface area (Å²) < 4.78 is 4.86. The first-order valence-corrected chi connectivity index (χ1v) is 12.6. The number of methoxy groups -OCH3 is 1. The summed E-state index contributed by atoms with van der Waals surface area (Å²) in [4.78, 5) is 43.6. The van der Waals surface area contributed by atoms with Crippen LogP contribution < -0.4 is 5.32 Å². The van der Waals surface area contributed by atoms with E-state index in [1.54, 1.807) is 25.1 Å². The highest BCUT2D eigenvalue weighted by atomic mass is 35.5. The van der Waals surface area contributed by atoms with E-state index < -0.39 is 5.97 Å². The van der Waals surface area contributed by atoms with E-state index in [0.29, 0.717) is 30.3 Å². The van der Waals surface area contributed by atoms with E-state index in [4.69, 9.17) is 16.3 Å². The Labute approximate surface area is 207 Å². The average molecular weight is 493 g/mol. The number of nitrogens with zero attached hydrogens (tertiary/aromatic N) is 3. The lowest BCUT2D eigenvalue weighted by molar-refractivity contribution is -0.130. The molecule has 0 aromatic heterocycles. The largest absolute Gasteiger partial charge is 0.465 e. The van der Waals surface area contributed by atoms with Crippen molar-refractivity contribution in [2.75, 3.05) is 51.7 Å². The van der Waals surface area contributed by atoms with Gasteiger partial charge in [0.1, 0.15) is 0 Å². The van der Waals surface area contributed by atoms with E-state index in [9.17, 15) is 14.4 Å². The quantitative estimate of drug-likeness (QED) is 0.579. The molecule has 3 amide bonds. The van der Waals surface area contributed by atoms with E-state index in [-0.39, 0.29) is 23.5 Å². The number of rotatable bonds is 7. The van der Waals surface area contributed by atoms with Crippen molar-refractivity contribution in [3.8, 4) is 0 Å². The fraction of sp³-hybridized carbons (Fsp3) is 0.640. The summed E-state index contributed by atoms with van der Waals surface area (Å²) in [6.07, 6.45) is 4.77. The van der Waals surface area contributed by atoms with Crippen LogP contribution in [-0.4, -0.2) is 85.0 Å². The summed E-state index contributed by atoms with van der Waals surface area (Å²) in [7, 11) is 1.30. The van der Waals surface area contributed by atoms with Gasteiger partial charge in [0.15, 0.2) is 0 Å². The predicted octanol–water partition coefficient (Wildman–Crippen LogP) is 4.09. The van der Waals surface area contributed by atoms with Crippen molar-refractivity contribution in [1.82, 2.24) is 14.7 Å². The zero-order chi connectivity index (χ0) is 24.7. The van der Waals surface area contributed by atoms with Gasteiger partial charge in [-0.2, -0.15) is 0 Å². The van der Waals surface area contributed by atoms with Gasteiger partial charge in [-0.05, 0) is 75.9 Å². The van der Waals surface area contributed by atoms with Gasteiger partial charge in [0.05, 0.1) is 18.4 Å². The lowest BCUT2D eigenvalue weighted by Gasteiger charge is -2.39. The normalized spacial score (nSPS) is 17.9. The van der Waals surface area contributed by atoms with Crippen LogP contribution in [-0.2, 0) is 9.53 Å². The van der Waals surface area contributed by atoms with Crippen molar-refractivity contribution in [3.63, 3.8) is 0 Å². The number of carbonyl (C=O) groups is 3. The third kappa shape index (κ3) is 7.09. The number of esters is 1. The van der Waals surface area contributed by atoms with Crippen molar-refractivity contribution in [2.24, 2.45) is 5.92 Å². The molecule has 0 bridgehead atoms. The molecule has 9 heteroatoms. The van der Waals surface area contributed by atoms with Gasteiger partial charge in [0.2, 0.25) is 5.91 Å². The van der Waals surface area contributed by atoms with Gasteiger partial charge in [-0.25, -0.2) is 9.59 Å². The Morgan fingerprint density at radius 2 is 1.79 bits per heavy atom. The first-order valence-electron chi connectivity index (χ1n) is 12.2. The van der Waals surface area contributed by atoms with Crippen LogP contribution >= 0.6 is 11.6 Å². The van der Waals surface area contributed by atoms with Crippen molar-refractivity contribution in [1.29, 1.82) is 0 Å². The molecule has 2 saturated heterocycles. The first kappa shape index (κ1) is 26.3. The number of amides is 3. The summed E-state index contributed by atoms with van der Waals surface area (Å²) in [6, 6.07) is 4.48. The van der Waals surface area contributed by atoms with Crippen LogP contribution in [0, 0.1) is 5.92 Å². The third-order valence-electron chi connectivity index (χ3n) is 6.99. The molecule has 188 valence electrons. The van der Waals surface area contributed by atoms with Gasteiger partial charge in [0, 0.05) is 37.6 Å². The Kier molecular flexibility index (Phi) is 9.59. The van der Waals surface area contributed by atoms with Crippen LogP contribution in [0.5, 0.6) is 0 Å². The molecule has 0 aliphatic carbocycles. The average Bonchev–Trinajstić information content (AvgIpc) is 2.82. The number of anilines is 1. The highest BCUT2D eigenvalue weighted by Gasteiger charge is 2.29. The lowest BCUT2D eigenvalue weighted by atomic mass is 9.99. The number of halogens is 1. The van der Waals surface area contributed by atoms with E-state index in [1.165, 1.54) is 20.0 Å². The molecule has 0 unspecified atom stereocenters. The fourth-order valence-electron chi connectivity index (χ4n) is 4.79. The predicted molar refractivity (Wildman–Crippen MR) is 133 cm³/mol. The third-order valence-corrected chi connectivity index (χ3v) is 7.22. The molecule has 0 radical (unpaired) electrons. The Morgan fingerprint density at radius 3 is 2.41 bits per heavy atom. The second-order valence-corrected chi connectivity index (χ2v) is 9.86. The number of nitrogens with one attached hydrogen (secondary N) is 1. The maximum atomic E-state index is 13.5. The number of likely N-dealkylation sites (tertiary alicyclic amines) is 2. The molecule has 3 rings (SSSR count). The molecular formula is C25H37ClN4O4. The van der Waals surface area contributed by atoms with Crippen molar-refractivity contribution in [2.45, 2.75) is 52.0 Å². The number of hydrogen-bond acceptors (Lipinski definition) is 5. The Hall–Kier alpha value is -2.32. The van der Waals surface area contributed by atoms with Crippen LogP contribution in [0.15, 0.2) is 18.2 Å². The van der Waals surface area contributed by atoms with Crippen LogP contribution in [0.3, 0.4) is 0 Å². The molecule has 2 heterocycles. The van der Waals surface area contributed by atoms with Crippen LogP contribution in [0.4, 0.5) is 10.5 Å². The topological polar surface area (TPSA) is 82.2 Å². The highest BCUT2D eigenvalue weighted by molar-refractivity contribution is 6.31. The summed E-state index contributed by atoms with van der Waals surface area (Å²) >= 11 is 6.14. The SMILES string of the molecule is COC(=O)c1ccc(Cl)cc1NC(=O)N(CCCN1CCC(C)CC1)C1CCN(C(C)=O)CC1. The van der Waals surface area contributed by atoms with Gasteiger partial charge < -0.3 is 24.8 Å². The minimum Gasteiger partial charge on any atom is -0.465 e. The Balaban J connectivity index is 1.69. The lowest BCUT2D eigenvalue weighted by Crippen LogP contribution is -2.50. The van der Waals surface area contributed by atoms with Gasteiger partial charge >= 0.3 is 12.0 Å². The summed E-state index contributed by atoms with van der Waals surface area (Å²) in [5, 5.41) is 3.32. The van der Waals surface area contributed by atoms with Crippen molar-refractivity contribution in [3.05, 3.63) is 28.8 Å². The number of carbonyl (C=O) groups excluding carboxylic acids is 3. The van der Waals surface area contributed by atoms with Gasteiger partial charge in [-0.15, -0.1) is 0 Å². The van der Waals surface area contributed by atoms with Crippen molar-refractivity contribution >= 4 is 35.2 Å². The van der Waals surface area contributed by atoms with Crippen LogP contribution in [0.1, 0.15) is 56.3 Å². The molecule has 2 fully saturated rings. The zero-order valence-corrected chi connectivity index (χ0v) is 21.3.